The number of aliphatic hydroxyl groups is 1. The SMILES string of the molecule is CCCCCCCCCCCCCCCCC12SC1(O)C=CC1SC12.[Mg]. The lowest BCUT2D eigenvalue weighted by Gasteiger charge is -2.18. The first-order valence-corrected chi connectivity index (χ1v) is 12.8. The molecule has 2 radical (unpaired) electrons. The van der Waals surface area contributed by atoms with Crippen LogP contribution in [-0.2, 0) is 0 Å². The normalized spacial score (nSPS) is 33.3. The van der Waals surface area contributed by atoms with Gasteiger partial charge in [-0.25, -0.2) is 0 Å². The van der Waals surface area contributed by atoms with Crippen molar-refractivity contribution in [1.82, 2.24) is 0 Å². The van der Waals surface area contributed by atoms with E-state index in [-0.39, 0.29) is 27.8 Å². The van der Waals surface area contributed by atoms with Crippen molar-refractivity contribution in [3.63, 3.8) is 0 Å². The minimum Gasteiger partial charge on any atom is -0.374 e. The molecule has 0 bridgehead atoms. The van der Waals surface area contributed by atoms with E-state index in [1.54, 1.807) is 0 Å². The highest BCUT2D eigenvalue weighted by Gasteiger charge is 2.77. The van der Waals surface area contributed by atoms with Gasteiger partial charge in [0.1, 0.15) is 4.93 Å². The van der Waals surface area contributed by atoms with E-state index in [1.807, 2.05) is 11.8 Å². The third-order valence-electron chi connectivity index (χ3n) is 6.30. The molecule has 1 nitrogen and oxygen atoms in total. The first kappa shape index (κ1) is 23.4. The summed E-state index contributed by atoms with van der Waals surface area (Å²) in [6.45, 7) is 2.29. The fourth-order valence-corrected chi connectivity index (χ4v) is 7.70. The van der Waals surface area contributed by atoms with Gasteiger partial charge in [0.15, 0.2) is 0 Å². The van der Waals surface area contributed by atoms with E-state index in [2.05, 4.69) is 30.8 Å². The van der Waals surface area contributed by atoms with Crippen molar-refractivity contribution in [2.75, 3.05) is 0 Å². The highest BCUT2D eigenvalue weighted by molar-refractivity contribution is 8.14. The molecule has 1 N–H and O–H groups in total. The standard InChI is InChI=1S/C22H38OS2.Mg/c1-2-3-4-5-6-7-8-9-10-11-12-13-14-15-17-21-20-19(24-20)16-18-22(21,23)25-21;/h16,18-20,23H,2-15,17H2,1H3;. The molecule has 4 atom stereocenters. The van der Waals surface area contributed by atoms with Crippen LogP contribution in [0, 0.1) is 0 Å². The molecule has 3 aliphatic rings. The second-order valence-corrected chi connectivity index (χ2v) is 11.3. The summed E-state index contributed by atoms with van der Waals surface area (Å²) in [5, 5.41) is 12.0. The van der Waals surface area contributed by atoms with E-state index in [4.69, 9.17) is 0 Å². The summed E-state index contributed by atoms with van der Waals surface area (Å²) in [6.07, 6.45) is 25.4. The second kappa shape index (κ2) is 11.4. The van der Waals surface area contributed by atoms with E-state index in [9.17, 15) is 5.11 Å². The van der Waals surface area contributed by atoms with Crippen molar-refractivity contribution in [3.05, 3.63) is 12.2 Å². The maximum Gasteiger partial charge on any atom is 0.145 e. The maximum absolute atomic E-state index is 10.6. The lowest BCUT2D eigenvalue weighted by molar-refractivity contribution is 0.176. The van der Waals surface area contributed by atoms with Crippen LogP contribution in [0.4, 0.5) is 0 Å². The number of unbranched alkanes of at least 4 members (excludes halogenated alkanes) is 13. The molecule has 0 saturated carbocycles. The van der Waals surface area contributed by atoms with Gasteiger partial charge in [0.2, 0.25) is 0 Å². The molecule has 4 heteroatoms. The Morgan fingerprint density at radius 3 is 1.85 bits per heavy atom. The average molecular weight is 407 g/mol. The summed E-state index contributed by atoms with van der Waals surface area (Å²) in [5.74, 6) is 0. The molecule has 0 amide bonds. The first-order chi connectivity index (χ1) is 12.2. The number of hydrogen-bond acceptors (Lipinski definition) is 3. The average Bonchev–Trinajstić information content (AvgIpc) is 3.49. The Labute approximate surface area is 186 Å². The van der Waals surface area contributed by atoms with Crippen LogP contribution >= 0.6 is 23.5 Å². The Morgan fingerprint density at radius 1 is 0.808 bits per heavy atom. The summed E-state index contributed by atoms with van der Waals surface area (Å²) in [5.41, 5.74) is 0. The lowest BCUT2D eigenvalue weighted by atomic mass is 9.87. The van der Waals surface area contributed by atoms with Crippen LogP contribution in [0.1, 0.15) is 103 Å². The monoisotopic (exact) mass is 406 g/mol. The highest BCUT2D eigenvalue weighted by Crippen LogP contribution is 2.77. The maximum atomic E-state index is 10.6. The largest absolute Gasteiger partial charge is 0.374 e. The minimum atomic E-state index is -0.492. The summed E-state index contributed by atoms with van der Waals surface area (Å²) in [4.78, 5) is -0.492. The van der Waals surface area contributed by atoms with Crippen molar-refractivity contribution in [1.29, 1.82) is 0 Å². The molecule has 2 heterocycles. The highest BCUT2D eigenvalue weighted by atomic mass is 32.2. The molecule has 0 aromatic rings. The Hall–Kier alpha value is 1.17. The minimum absolute atomic E-state index is 0. The van der Waals surface area contributed by atoms with Crippen LogP contribution in [0.2, 0.25) is 0 Å². The van der Waals surface area contributed by atoms with Crippen LogP contribution in [0.3, 0.4) is 0 Å². The zero-order valence-corrected chi connectivity index (χ0v) is 19.9. The molecule has 146 valence electrons. The van der Waals surface area contributed by atoms with E-state index < -0.39 is 4.93 Å². The molecule has 2 fully saturated rings. The van der Waals surface area contributed by atoms with Crippen LogP contribution < -0.4 is 0 Å². The molecule has 2 aliphatic heterocycles. The Bertz CT molecular complexity index is 444. The number of fused-ring (bicyclic) bond motifs is 3. The van der Waals surface area contributed by atoms with Gasteiger partial charge in [-0.15, -0.1) is 23.5 Å². The van der Waals surface area contributed by atoms with Crippen molar-refractivity contribution in [2.45, 2.75) is 123 Å². The molecule has 4 unspecified atom stereocenters. The van der Waals surface area contributed by atoms with Crippen molar-refractivity contribution in [3.8, 4) is 0 Å². The zero-order valence-electron chi connectivity index (χ0n) is 16.9. The number of rotatable bonds is 15. The van der Waals surface area contributed by atoms with Gasteiger partial charge in [0, 0.05) is 33.6 Å². The van der Waals surface area contributed by atoms with Crippen LogP contribution in [0.15, 0.2) is 12.2 Å². The van der Waals surface area contributed by atoms with Gasteiger partial charge in [-0.05, 0) is 12.5 Å². The van der Waals surface area contributed by atoms with Gasteiger partial charge in [-0.1, -0.05) is 103 Å². The van der Waals surface area contributed by atoms with Gasteiger partial charge < -0.3 is 5.11 Å². The molecule has 3 rings (SSSR count). The Kier molecular flexibility index (Phi) is 10.3. The van der Waals surface area contributed by atoms with Crippen LogP contribution in [0.25, 0.3) is 0 Å². The second-order valence-electron chi connectivity index (χ2n) is 8.41. The lowest BCUT2D eigenvalue weighted by Crippen LogP contribution is -2.33. The topological polar surface area (TPSA) is 20.2 Å². The van der Waals surface area contributed by atoms with Gasteiger partial charge in [-0.3, -0.25) is 0 Å². The number of thioether (sulfide) groups is 2. The quantitative estimate of drug-likeness (QED) is 0.141. The summed E-state index contributed by atoms with van der Waals surface area (Å²) < 4.78 is 0.203. The summed E-state index contributed by atoms with van der Waals surface area (Å²) >= 11 is 3.90. The molecule has 1 aliphatic carbocycles. The predicted octanol–water partition coefficient (Wildman–Crippen LogP) is 6.71. The van der Waals surface area contributed by atoms with Crippen molar-refractivity contribution in [2.24, 2.45) is 0 Å². The van der Waals surface area contributed by atoms with Crippen molar-refractivity contribution < 1.29 is 5.11 Å². The number of hydrogen-bond donors (Lipinski definition) is 1. The zero-order chi connectivity index (χ0) is 17.6. The van der Waals surface area contributed by atoms with Crippen LogP contribution in [-0.4, -0.2) is 48.3 Å². The van der Waals surface area contributed by atoms with Gasteiger partial charge in [0.25, 0.3) is 0 Å². The molecule has 0 aromatic carbocycles. The predicted molar refractivity (Wildman–Crippen MR) is 120 cm³/mol. The van der Waals surface area contributed by atoms with Crippen molar-refractivity contribution >= 4 is 46.6 Å². The molecule has 26 heavy (non-hydrogen) atoms. The first-order valence-electron chi connectivity index (χ1n) is 11.0. The van der Waals surface area contributed by atoms with Gasteiger partial charge >= 0.3 is 0 Å². The molecule has 0 spiro atoms. The Balaban J connectivity index is 0.00000243. The van der Waals surface area contributed by atoms with E-state index >= 15 is 0 Å². The van der Waals surface area contributed by atoms with E-state index in [0.29, 0.717) is 0 Å². The van der Waals surface area contributed by atoms with Crippen LogP contribution in [0.5, 0.6) is 0 Å². The van der Waals surface area contributed by atoms with Gasteiger partial charge in [-0.2, -0.15) is 0 Å². The Morgan fingerprint density at radius 2 is 1.31 bits per heavy atom. The van der Waals surface area contributed by atoms with E-state index in [1.165, 1.54) is 96.3 Å². The third kappa shape index (κ3) is 6.08. The van der Waals surface area contributed by atoms with E-state index in [0.717, 1.165) is 10.5 Å². The summed E-state index contributed by atoms with van der Waals surface area (Å²) in [7, 11) is 0. The fraction of sp³-hybridized carbons (Fsp3) is 0.909. The summed E-state index contributed by atoms with van der Waals surface area (Å²) in [6, 6.07) is 0. The molecular weight excluding hydrogens is 369 g/mol. The van der Waals surface area contributed by atoms with Gasteiger partial charge in [0.05, 0.1) is 4.75 Å². The smallest absolute Gasteiger partial charge is 0.145 e. The molecule has 0 aromatic heterocycles. The third-order valence-corrected chi connectivity index (χ3v) is 9.61. The molecule has 2 saturated heterocycles. The molecular formula is C22H38MgOS2. The fourth-order valence-electron chi connectivity index (χ4n) is 4.51.